The molecule has 11 heteroatoms. The Labute approximate surface area is 195 Å². The van der Waals surface area contributed by atoms with Crippen LogP contribution in [-0.2, 0) is 9.63 Å². The lowest BCUT2D eigenvalue weighted by atomic mass is 10.1. The summed E-state index contributed by atoms with van der Waals surface area (Å²) in [4.78, 5) is 37.2. The first kappa shape index (κ1) is 23.9. The van der Waals surface area contributed by atoms with Crippen LogP contribution >= 0.6 is 11.6 Å². The number of benzene rings is 2. The topological polar surface area (TPSA) is 138 Å². The van der Waals surface area contributed by atoms with Crippen LogP contribution in [0.3, 0.4) is 0 Å². The summed E-state index contributed by atoms with van der Waals surface area (Å²) in [7, 11) is 0. The van der Waals surface area contributed by atoms with Crippen LogP contribution in [0.4, 0.5) is 28.8 Å². The van der Waals surface area contributed by atoms with Crippen LogP contribution in [0.5, 0.6) is 0 Å². The van der Waals surface area contributed by atoms with Crippen molar-refractivity contribution in [3.05, 3.63) is 64.8 Å². The summed E-state index contributed by atoms with van der Waals surface area (Å²) >= 11 is 6.28. The van der Waals surface area contributed by atoms with Crippen LogP contribution in [-0.4, -0.2) is 40.1 Å². The van der Waals surface area contributed by atoms with Gasteiger partial charge in [0.2, 0.25) is 11.9 Å². The maximum absolute atomic E-state index is 12.2. The molecule has 0 saturated heterocycles. The van der Waals surface area contributed by atoms with Gasteiger partial charge in [0, 0.05) is 18.2 Å². The van der Waals surface area contributed by atoms with Crippen molar-refractivity contribution in [3.63, 3.8) is 0 Å². The Kier molecular flexibility index (Phi) is 8.14. The molecule has 33 heavy (non-hydrogen) atoms. The molecule has 0 aliphatic carbocycles. The van der Waals surface area contributed by atoms with Crippen molar-refractivity contribution in [3.8, 4) is 0 Å². The maximum atomic E-state index is 12.2. The smallest absolute Gasteiger partial charge is 0.274 e. The van der Waals surface area contributed by atoms with Gasteiger partial charge in [-0.15, -0.1) is 0 Å². The SMILES string of the molecule is CC(=O)Nc1ccccc1Nc1nc(Nc2cc(C(=O)NOCCO)ccc2C)ncc1Cl. The molecule has 5 N–H and O–H groups in total. The number of rotatable bonds is 9. The minimum atomic E-state index is -0.458. The molecule has 0 saturated carbocycles. The number of carbonyl (C=O) groups is 2. The lowest BCUT2D eigenvalue weighted by molar-refractivity contribution is -0.114. The first-order valence-electron chi connectivity index (χ1n) is 9.94. The molecule has 2 amide bonds. The second kappa shape index (κ2) is 11.2. The predicted octanol–water partition coefficient (Wildman–Crippen LogP) is 3.54. The van der Waals surface area contributed by atoms with Gasteiger partial charge in [0.05, 0.1) is 30.8 Å². The Hall–Kier alpha value is -3.73. The molecule has 0 aliphatic heterocycles. The molecule has 10 nitrogen and oxygen atoms in total. The van der Waals surface area contributed by atoms with Crippen LogP contribution in [0.2, 0.25) is 5.02 Å². The molecule has 0 bridgehead atoms. The molecule has 0 spiro atoms. The van der Waals surface area contributed by atoms with Crippen molar-refractivity contribution in [1.29, 1.82) is 0 Å². The largest absolute Gasteiger partial charge is 0.394 e. The Morgan fingerprint density at radius 2 is 1.85 bits per heavy atom. The number of hydrogen-bond donors (Lipinski definition) is 5. The van der Waals surface area contributed by atoms with Gasteiger partial charge >= 0.3 is 0 Å². The van der Waals surface area contributed by atoms with E-state index in [9.17, 15) is 9.59 Å². The van der Waals surface area contributed by atoms with Crippen molar-refractivity contribution < 1.29 is 19.5 Å². The standard InChI is InChI=1S/C22H23ClN6O4/c1-13-7-8-15(21(32)29-33-10-9-30)11-19(13)27-22-24-12-16(23)20(28-22)26-18-6-4-3-5-17(18)25-14(2)31/h3-8,11-12,30H,9-10H2,1-2H3,(H,25,31)(H,29,32)(H2,24,26,27,28). The third-order valence-corrected chi connectivity index (χ3v) is 4.62. The van der Waals surface area contributed by atoms with Crippen LogP contribution in [0, 0.1) is 6.92 Å². The molecule has 3 rings (SSSR count). The normalized spacial score (nSPS) is 10.4. The van der Waals surface area contributed by atoms with Gasteiger partial charge in [-0.05, 0) is 36.8 Å². The van der Waals surface area contributed by atoms with Crippen LogP contribution in [0.25, 0.3) is 0 Å². The number of aryl methyl sites for hydroxylation is 1. The van der Waals surface area contributed by atoms with E-state index in [1.54, 1.807) is 36.4 Å². The third kappa shape index (κ3) is 6.62. The summed E-state index contributed by atoms with van der Waals surface area (Å²) in [5.74, 6) is -0.0889. The van der Waals surface area contributed by atoms with Gasteiger partial charge in [-0.2, -0.15) is 4.98 Å². The zero-order chi connectivity index (χ0) is 23.8. The molecule has 1 heterocycles. The van der Waals surface area contributed by atoms with Crippen LogP contribution in [0.15, 0.2) is 48.7 Å². The van der Waals surface area contributed by atoms with Crippen LogP contribution in [0.1, 0.15) is 22.8 Å². The highest BCUT2D eigenvalue weighted by Gasteiger charge is 2.12. The van der Waals surface area contributed by atoms with E-state index < -0.39 is 5.91 Å². The summed E-state index contributed by atoms with van der Waals surface area (Å²) in [6.07, 6.45) is 1.44. The number of amides is 2. The first-order valence-corrected chi connectivity index (χ1v) is 10.3. The number of halogens is 1. The highest BCUT2D eigenvalue weighted by Crippen LogP contribution is 2.29. The highest BCUT2D eigenvalue weighted by atomic mass is 35.5. The van der Waals surface area contributed by atoms with Crippen LogP contribution < -0.4 is 21.4 Å². The average Bonchev–Trinajstić information content (AvgIpc) is 2.78. The number of nitrogens with one attached hydrogen (secondary N) is 4. The zero-order valence-corrected chi connectivity index (χ0v) is 18.7. The summed E-state index contributed by atoms with van der Waals surface area (Å²) in [5, 5.41) is 18.0. The fourth-order valence-corrected chi connectivity index (χ4v) is 2.91. The number of carbonyl (C=O) groups excluding carboxylic acids is 2. The Balaban J connectivity index is 1.81. The van der Waals surface area contributed by atoms with E-state index in [-0.39, 0.29) is 30.1 Å². The third-order valence-electron chi connectivity index (χ3n) is 4.34. The number of aliphatic hydroxyl groups is 1. The van der Waals surface area contributed by atoms with E-state index in [4.69, 9.17) is 21.5 Å². The maximum Gasteiger partial charge on any atom is 0.274 e. The molecular weight excluding hydrogens is 448 g/mol. The number of hydrogen-bond acceptors (Lipinski definition) is 8. The Morgan fingerprint density at radius 1 is 1.09 bits per heavy atom. The quantitative estimate of drug-likeness (QED) is 0.236. The van der Waals surface area contributed by atoms with Crippen molar-refractivity contribution in [1.82, 2.24) is 15.4 Å². The van der Waals surface area contributed by atoms with Gasteiger partial charge in [0.1, 0.15) is 5.02 Å². The lowest BCUT2D eigenvalue weighted by Crippen LogP contribution is -2.25. The van der Waals surface area contributed by atoms with Crippen molar-refractivity contribution >= 4 is 52.2 Å². The molecular formula is C22H23ClN6O4. The van der Waals surface area contributed by atoms with Gasteiger partial charge in [-0.25, -0.2) is 10.5 Å². The molecule has 0 unspecified atom stereocenters. The molecule has 3 aromatic rings. The van der Waals surface area contributed by atoms with E-state index in [1.165, 1.54) is 13.1 Å². The lowest BCUT2D eigenvalue weighted by Gasteiger charge is -2.14. The minimum absolute atomic E-state index is 0.0117. The molecule has 1 aromatic heterocycles. The van der Waals surface area contributed by atoms with E-state index >= 15 is 0 Å². The summed E-state index contributed by atoms with van der Waals surface area (Å²) < 4.78 is 0. The van der Waals surface area contributed by atoms with Gasteiger partial charge in [-0.1, -0.05) is 29.8 Å². The fourth-order valence-electron chi connectivity index (χ4n) is 2.77. The van der Waals surface area contributed by atoms with Gasteiger partial charge in [0.15, 0.2) is 5.82 Å². The predicted molar refractivity (Wildman–Crippen MR) is 126 cm³/mol. The number of hydroxylamine groups is 1. The number of aromatic nitrogens is 2. The number of aliphatic hydroxyl groups excluding tert-OH is 1. The molecule has 0 atom stereocenters. The average molecular weight is 471 g/mol. The molecule has 0 fully saturated rings. The summed E-state index contributed by atoms with van der Waals surface area (Å²) in [6, 6.07) is 12.2. The monoisotopic (exact) mass is 470 g/mol. The van der Waals surface area contributed by atoms with E-state index in [0.29, 0.717) is 28.4 Å². The molecule has 0 radical (unpaired) electrons. The highest BCUT2D eigenvalue weighted by molar-refractivity contribution is 6.33. The Morgan fingerprint density at radius 3 is 2.58 bits per heavy atom. The minimum Gasteiger partial charge on any atom is -0.394 e. The zero-order valence-electron chi connectivity index (χ0n) is 18.0. The van der Waals surface area contributed by atoms with Gasteiger partial charge in [-0.3, -0.25) is 14.4 Å². The summed E-state index contributed by atoms with van der Waals surface area (Å²) in [5.41, 5.74) is 5.25. The number of para-hydroxylation sites is 2. The number of nitrogens with zero attached hydrogens (tertiary/aromatic N) is 2. The molecule has 2 aromatic carbocycles. The van der Waals surface area contributed by atoms with E-state index in [2.05, 4.69) is 31.4 Å². The molecule has 0 aliphatic rings. The van der Waals surface area contributed by atoms with E-state index in [1.807, 2.05) is 13.0 Å². The fraction of sp³-hybridized carbons (Fsp3) is 0.182. The van der Waals surface area contributed by atoms with Gasteiger partial charge in [0.25, 0.3) is 5.91 Å². The first-order chi connectivity index (χ1) is 15.9. The van der Waals surface area contributed by atoms with Crippen molar-refractivity contribution in [2.75, 3.05) is 29.2 Å². The number of anilines is 5. The summed E-state index contributed by atoms with van der Waals surface area (Å²) in [6.45, 7) is 3.07. The second-order valence-electron chi connectivity index (χ2n) is 6.90. The second-order valence-corrected chi connectivity index (χ2v) is 7.31. The van der Waals surface area contributed by atoms with Crippen molar-refractivity contribution in [2.24, 2.45) is 0 Å². The van der Waals surface area contributed by atoms with Crippen molar-refractivity contribution in [2.45, 2.75) is 13.8 Å². The molecule has 172 valence electrons. The van der Waals surface area contributed by atoms with Gasteiger partial charge < -0.3 is 21.1 Å². The van der Waals surface area contributed by atoms with E-state index in [0.717, 1.165) is 5.56 Å². The Bertz CT molecular complexity index is 1160.